The molecule has 0 saturated carbocycles. The number of ether oxygens (including phenoxy) is 1. The van der Waals surface area contributed by atoms with Gasteiger partial charge in [-0.2, -0.15) is 0 Å². The van der Waals surface area contributed by atoms with Gasteiger partial charge in [-0.1, -0.05) is 37.6 Å². The number of alkyl carbamates (subject to hydrolysis) is 1. The van der Waals surface area contributed by atoms with Crippen LogP contribution >= 0.6 is 0 Å². The number of nitrogens with one attached hydrogen (secondary N) is 2. The molecule has 38 heavy (non-hydrogen) atoms. The molecule has 2 aromatic carbocycles. The van der Waals surface area contributed by atoms with E-state index in [9.17, 15) is 24.6 Å². The predicted octanol–water partition coefficient (Wildman–Crippen LogP) is 4.51. The predicted molar refractivity (Wildman–Crippen MR) is 147 cm³/mol. The fourth-order valence-corrected chi connectivity index (χ4v) is 4.06. The number of hydrogen-bond acceptors (Lipinski definition) is 6. The third kappa shape index (κ3) is 8.21. The highest BCUT2D eigenvalue weighted by Gasteiger charge is 2.36. The average Bonchev–Trinajstić information content (AvgIpc) is 2.83. The van der Waals surface area contributed by atoms with E-state index in [2.05, 4.69) is 10.6 Å². The largest absolute Gasteiger partial charge is 0.508 e. The van der Waals surface area contributed by atoms with E-state index in [-0.39, 0.29) is 12.3 Å². The minimum Gasteiger partial charge on any atom is -0.508 e. The molecule has 0 aliphatic heterocycles. The van der Waals surface area contributed by atoms with Gasteiger partial charge in [0.15, 0.2) is 0 Å². The van der Waals surface area contributed by atoms with E-state index in [4.69, 9.17) is 4.74 Å². The van der Waals surface area contributed by atoms with Crippen molar-refractivity contribution < 1.29 is 29.3 Å². The molecule has 4 N–H and O–H groups in total. The zero-order valence-corrected chi connectivity index (χ0v) is 23.4. The molecule has 2 aromatic rings. The second kappa shape index (κ2) is 13.3. The van der Waals surface area contributed by atoms with Crippen LogP contribution in [0.5, 0.6) is 5.75 Å². The van der Waals surface area contributed by atoms with Crippen LogP contribution in [0.4, 0.5) is 10.5 Å². The number of para-hydroxylation sites is 1. The monoisotopic (exact) mass is 527 g/mol. The number of benzene rings is 2. The van der Waals surface area contributed by atoms with Gasteiger partial charge >= 0.3 is 6.09 Å². The van der Waals surface area contributed by atoms with Crippen LogP contribution in [-0.4, -0.2) is 57.8 Å². The highest BCUT2D eigenvalue weighted by atomic mass is 16.6. The van der Waals surface area contributed by atoms with Gasteiger partial charge in [-0.25, -0.2) is 4.79 Å². The molecule has 2 unspecified atom stereocenters. The molecule has 2 atom stereocenters. The Kier molecular flexibility index (Phi) is 10.7. The molecule has 9 nitrogen and oxygen atoms in total. The number of carbonyl (C=O) groups excluding carboxylic acids is 3. The first-order valence-corrected chi connectivity index (χ1v) is 12.9. The number of aromatic hydroxyl groups is 1. The first-order chi connectivity index (χ1) is 17.8. The number of phenolic OH excluding ortho intramolecular Hbond substituents is 1. The number of amides is 3. The molecule has 9 heteroatoms. The maximum absolute atomic E-state index is 13.9. The van der Waals surface area contributed by atoms with Crippen LogP contribution in [0.1, 0.15) is 68.8 Å². The normalized spacial score (nSPS) is 12.8. The van der Waals surface area contributed by atoms with Crippen LogP contribution in [0.2, 0.25) is 0 Å². The van der Waals surface area contributed by atoms with Crippen molar-refractivity contribution in [1.82, 2.24) is 10.2 Å². The Balaban J connectivity index is 2.55. The Bertz CT molecular complexity index is 1120. The zero-order valence-electron chi connectivity index (χ0n) is 23.4. The van der Waals surface area contributed by atoms with E-state index in [1.807, 2.05) is 39.0 Å². The summed E-state index contributed by atoms with van der Waals surface area (Å²) in [7, 11) is 0. The van der Waals surface area contributed by atoms with Crippen molar-refractivity contribution in [2.45, 2.75) is 79.0 Å². The molecule has 0 aliphatic rings. The van der Waals surface area contributed by atoms with Crippen LogP contribution in [0.15, 0.2) is 36.4 Å². The number of nitrogens with zero attached hydrogens (tertiary/aromatic N) is 1. The van der Waals surface area contributed by atoms with Crippen molar-refractivity contribution >= 4 is 23.6 Å². The summed E-state index contributed by atoms with van der Waals surface area (Å²) in [6, 6.07) is 7.98. The highest BCUT2D eigenvalue weighted by molar-refractivity contribution is 6.00. The van der Waals surface area contributed by atoms with Crippen molar-refractivity contribution in [3.8, 4) is 5.75 Å². The molecular weight excluding hydrogens is 486 g/mol. The number of rotatable bonds is 10. The molecule has 0 saturated heterocycles. The van der Waals surface area contributed by atoms with E-state index >= 15 is 0 Å². The Morgan fingerprint density at radius 3 is 2.18 bits per heavy atom. The van der Waals surface area contributed by atoms with Gasteiger partial charge in [0, 0.05) is 12.2 Å². The molecule has 0 spiro atoms. The summed E-state index contributed by atoms with van der Waals surface area (Å²) in [5.41, 5.74) is 2.61. The van der Waals surface area contributed by atoms with Crippen molar-refractivity contribution in [1.29, 1.82) is 0 Å². The van der Waals surface area contributed by atoms with Gasteiger partial charge in [0.05, 0.1) is 6.61 Å². The number of aryl methyl sites for hydroxylation is 3. The third-order valence-corrected chi connectivity index (χ3v) is 6.03. The van der Waals surface area contributed by atoms with E-state index in [0.717, 1.165) is 17.5 Å². The summed E-state index contributed by atoms with van der Waals surface area (Å²) < 4.78 is 5.27. The molecule has 0 bridgehead atoms. The second-order valence-electron chi connectivity index (χ2n) is 10.5. The summed E-state index contributed by atoms with van der Waals surface area (Å²) in [6.45, 7) is 12.0. The smallest absolute Gasteiger partial charge is 0.408 e. The topological polar surface area (TPSA) is 128 Å². The summed E-state index contributed by atoms with van der Waals surface area (Å²) in [6.07, 6.45) is 0.477. The molecular formula is C29H41N3O6. The maximum Gasteiger partial charge on any atom is 0.408 e. The SMILES string of the molecule is CCCCN(C(=O)C(CO)NC(=O)OC(C)(C)C)C(C(=O)Nc1c(C)cccc1C)c1ccc(O)c(C)c1. The second-order valence-corrected chi connectivity index (χ2v) is 10.5. The molecule has 0 fully saturated rings. The Labute approximate surface area is 225 Å². The number of anilines is 1. The zero-order chi connectivity index (χ0) is 28.6. The van der Waals surface area contributed by atoms with Crippen LogP contribution in [0.3, 0.4) is 0 Å². The molecule has 208 valence electrons. The van der Waals surface area contributed by atoms with E-state index < -0.39 is 42.2 Å². The quantitative estimate of drug-likeness (QED) is 0.360. The number of hydrogen-bond donors (Lipinski definition) is 4. The van der Waals surface area contributed by atoms with Gasteiger partial charge in [-0.05, 0) is 82.3 Å². The highest BCUT2D eigenvalue weighted by Crippen LogP contribution is 2.30. The summed E-state index contributed by atoms with van der Waals surface area (Å²) >= 11 is 0. The first-order valence-electron chi connectivity index (χ1n) is 12.9. The van der Waals surface area contributed by atoms with Gasteiger partial charge in [-0.3, -0.25) is 9.59 Å². The van der Waals surface area contributed by atoms with Gasteiger partial charge < -0.3 is 30.5 Å². The lowest BCUT2D eigenvalue weighted by atomic mass is 9.99. The minimum absolute atomic E-state index is 0.0638. The van der Waals surface area contributed by atoms with E-state index in [1.165, 1.54) is 11.0 Å². The number of aliphatic hydroxyl groups excluding tert-OH is 1. The lowest BCUT2D eigenvalue weighted by molar-refractivity contribution is -0.141. The molecule has 0 aliphatic carbocycles. The van der Waals surface area contributed by atoms with Crippen molar-refractivity contribution in [3.63, 3.8) is 0 Å². The summed E-state index contributed by atoms with van der Waals surface area (Å²) in [5.74, 6) is -1.01. The Morgan fingerprint density at radius 2 is 1.66 bits per heavy atom. The Hall–Kier alpha value is -3.59. The van der Waals surface area contributed by atoms with Crippen molar-refractivity contribution in [2.75, 3.05) is 18.5 Å². The van der Waals surface area contributed by atoms with Crippen molar-refractivity contribution in [2.24, 2.45) is 0 Å². The maximum atomic E-state index is 13.9. The minimum atomic E-state index is -1.32. The third-order valence-electron chi connectivity index (χ3n) is 6.03. The fourth-order valence-electron chi connectivity index (χ4n) is 4.06. The molecule has 0 radical (unpaired) electrons. The van der Waals surface area contributed by atoms with Crippen LogP contribution in [0, 0.1) is 20.8 Å². The van der Waals surface area contributed by atoms with Crippen LogP contribution in [-0.2, 0) is 14.3 Å². The average molecular weight is 528 g/mol. The lowest BCUT2D eigenvalue weighted by Crippen LogP contribution is -2.54. The van der Waals surface area contributed by atoms with Crippen LogP contribution < -0.4 is 10.6 Å². The molecule has 3 amide bonds. The van der Waals surface area contributed by atoms with E-state index in [0.29, 0.717) is 23.2 Å². The van der Waals surface area contributed by atoms with Gasteiger partial charge in [-0.15, -0.1) is 0 Å². The van der Waals surface area contributed by atoms with E-state index in [1.54, 1.807) is 39.8 Å². The Morgan fingerprint density at radius 1 is 1.03 bits per heavy atom. The lowest BCUT2D eigenvalue weighted by Gasteiger charge is -2.34. The van der Waals surface area contributed by atoms with Crippen LogP contribution in [0.25, 0.3) is 0 Å². The number of carbonyl (C=O) groups is 3. The molecule has 0 aromatic heterocycles. The van der Waals surface area contributed by atoms with Gasteiger partial charge in [0.25, 0.3) is 5.91 Å². The number of aliphatic hydroxyl groups is 1. The summed E-state index contributed by atoms with van der Waals surface area (Å²) in [4.78, 5) is 41.5. The van der Waals surface area contributed by atoms with Gasteiger partial charge in [0.1, 0.15) is 23.4 Å². The molecule has 2 rings (SSSR count). The number of unbranched alkanes of at least 4 members (excludes halogenated alkanes) is 1. The number of phenols is 1. The standard InChI is InChI=1S/C29H41N3O6/c1-8-9-15-32(27(36)22(17-33)30-28(37)38-29(5,6)7)25(21-13-14-23(34)20(4)16-21)26(35)31-24-18(2)11-10-12-19(24)3/h10-14,16,22,25,33-34H,8-9,15,17H2,1-7H3,(H,30,37)(H,31,35). The fraction of sp³-hybridized carbons (Fsp3) is 0.483. The molecule has 0 heterocycles. The summed E-state index contributed by atoms with van der Waals surface area (Å²) in [5, 5.41) is 25.6. The first kappa shape index (κ1) is 30.6. The van der Waals surface area contributed by atoms with Crippen molar-refractivity contribution in [3.05, 3.63) is 58.7 Å². The van der Waals surface area contributed by atoms with Gasteiger partial charge in [0.2, 0.25) is 5.91 Å².